The van der Waals surface area contributed by atoms with Crippen LogP contribution in [0.25, 0.3) is 0 Å². The van der Waals surface area contributed by atoms with Gasteiger partial charge in [0, 0.05) is 42.3 Å². The van der Waals surface area contributed by atoms with E-state index in [0.29, 0.717) is 0 Å². The van der Waals surface area contributed by atoms with E-state index in [2.05, 4.69) is 4.90 Å². The molecule has 1 saturated heterocycles. The molecule has 4 rings (SSSR count). The van der Waals surface area contributed by atoms with Crippen molar-refractivity contribution in [3.8, 4) is 0 Å². The number of rotatable bonds is 5. The molecule has 0 N–H and O–H groups in total. The lowest BCUT2D eigenvalue weighted by Gasteiger charge is -2.46. The van der Waals surface area contributed by atoms with Crippen LogP contribution in [0.1, 0.15) is 36.6 Å². The third-order valence-corrected chi connectivity index (χ3v) is 6.00. The van der Waals surface area contributed by atoms with Gasteiger partial charge in [-0.15, -0.1) is 0 Å². The summed E-state index contributed by atoms with van der Waals surface area (Å²) in [6.07, 6.45) is 0.261. The lowest BCUT2D eigenvalue weighted by molar-refractivity contribution is -0.385. The standard InChI is InChI=1S/C24H21N3O5/c1-16-23(28)15-22(17-7-11-20(12-8-17)26(29)30)25(19-5-3-2-4-6-19)24(16)18-9-13-21(14-10-18)27(31)32/h2-14,16,22,24H,15H2,1H3/t16-,22+,24-/m0/s1. The van der Waals surface area contributed by atoms with E-state index in [1.807, 2.05) is 37.3 Å². The molecular formula is C24H21N3O5. The number of ketones is 1. The van der Waals surface area contributed by atoms with E-state index in [1.165, 1.54) is 24.3 Å². The van der Waals surface area contributed by atoms with Crippen LogP contribution in [-0.2, 0) is 4.79 Å². The monoisotopic (exact) mass is 431 g/mol. The third-order valence-electron chi connectivity index (χ3n) is 6.00. The molecule has 0 unspecified atom stereocenters. The molecular weight excluding hydrogens is 410 g/mol. The normalized spacial score (nSPS) is 20.7. The lowest BCUT2D eigenvalue weighted by Crippen LogP contribution is -2.45. The first-order chi connectivity index (χ1) is 15.4. The molecule has 0 aliphatic carbocycles. The number of piperidine rings is 1. The molecule has 1 fully saturated rings. The summed E-state index contributed by atoms with van der Waals surface area (Å²) in [6.45, 7) is 1.87. The molecule has 0 aromatic heterocycles. The van der Waals surface area contributed by atoms with E-state index in [-0.39, 0.29) is 41.6 Å². The van der Waals surface area contributed by atoms with Crippen LogP contribution in [0.2, 0.25) is 0 Å². The maximum absolute atomic E-state index is 13.0. The number of carbonyl (C=O) groups excluding carboxylic acids is 1. The molecule has 3 aromatic rings. The summed E-state index contributed by atoms with van der Waals surface area (Å²) in [5.74, 6) is -0.269. The Hall–Kier alpha value is -4.07. The lowest BCUT2D eigenvalue weighted by atomic mass is 9.79. The van der Waals surface area contributed by atoms with Crippen LogP contribution < -0.4 is 4.90 Å². The highest BCUT2D eigenvalue weighted by Gasteiger charge is 2.41. The van der Waals surface area contributed by atoms with Crippen molar-refractivity contribution in [1.29, 1.82) is 0 Å². The van der Waals surface area contributed by atoms with Crippen molar-refractivity contribution >= 4 is 22.8 Å². The van der Waals surface area contributed by atoms with Crippen LogP contribution in [0.4, 0.5) is 17.1 Å². The van der Waals surface area contributed by atoms with Gasteiger partial charge in [-0.1, -0.05) is 49.4 Å². The van der Waals surface area contributed by atoms with Gasteiger partial charge in [0.2, 0.25) is 0 Å². The smallest absolute Gasteiger partial charge is 0.269 e. The number of nitro benzene ring substituents is 2. The average molecular weight is 431 g/mol. The molecule has 162 valence electrons. The van der Waals surface area contributed by atoms with Gasteiger partial charge in [-0.2, -0.15) is 0 Å². The predicted octanol–water partition coefficient (Wildman–Crippen LogP) is 5.40. The number of hydrogen-bond donors (Lipinski definition) is 0. The van der Waals surface area contributed by atoms with Crippen LogP contribution in [0, 0.1) is 26.1 Å². The zero-order valence-electron chi connectivity index (χ0n) is 17.3. The number of benzene rings is 3. The van der Waals surface area contributed by atoms with Crippen LogP contribution >= 0.6 is 0 Å². The largest absolute Gasteiger partial charge is 0.356 e. The summed E-state index contributed by atoms with van der Waals surface area (Å²) >= 11 is 0. The molecule has 0 saturated carbocycles. The van der Waals surface area contributed by atoms with Gasteiger partial charge in [0.1, 0.15) is 5.78 Å². The Bertz CT molecular complexity index is 1150. The van der Waals surface area contributed by atoms with E-state index in [0.717, 1.165) is 16.8 Å². The number of carbonyl (C=O) groups is 1. The summed E-state index contributed by atoms with van der Waals surface area (Å²) in [4.78, 5) is 36.5. The summed E-state index contributed by atoms with van der Waals surface area (Å²) in [7, 11) is 0. The fraction of sp³-hybridized carbons (Fsp3) is 0.208. The van der Waals surface area contributed by atoms with Crippen molar-refractivity contribution in [2.24, 2.45) is 5.92 Å². The Morgan fingerprint density at radius 3 is 1.78 bits per heavy atom. The van der Waals surface area contributed by atoms with Crippen molar-refractivity contribution in [3.05, 3.63) is 110 Å². The molecule has 0 spiro atoms. The highest BCUT2D eigenvalue weighted by molar-refractivity contribution is 5.85. The number of non-ortho nitro benzene ring substituents is 2. The van der Waals surface area contributed by atoms with Gasteiger partial charge in [-0.25, -0.2) is 0 Å². The Balaban J connectivity index is 1.83. The summed E-state index contributed by atoms with van der Waals surface area (Å²) < 4.78 is 0. The predicted molar refractivity (Wildman–Crippen MR) is 119 cm³/mol. The van der Waals surface area contributed by atoms with Crippen molar-refractivity contribution < 1.29 is 14.6 Å². The molecule has 8 heteroatoms. The highest BCUT2D eigenvalue weighted by Crippen LogP contribution is 2.46. The van der Waals surface area contributed by atoms with E-state index in [4.69, 9.17) is 0 Å². The van der Waals surface area contributed by atoms with Gasteiger partial charge in [0.15, 0.2) is 0 Å². The second kappa shape index (κ2) is 8.58. The molecule has 0 radical (unpaired) electrons. The van der Waals surface area contributed by atoms with E-state index in [9.17, 15) is 25.0 Å². The second-order valence-electron chi connectivity index (χ2n) is 7.86. The van der Waals surface area contributed by atoms with Crippen molar-refractivity contribution in [3.63, 3.8) is 0 Å². The van der Waals surface area contributed by atoms with Crippen molar-refractivity contribution in [2.75, 3.05) is 4.90 Å². The minimum absolute atomic E-state index is 0.0116. The number of anilines is 1. The highest BCUT2D eigenvalue weighted by atomic mass is 16.6. The van der Waals surface area contributed by atoms with Gasteiger partial charge < -0.3 is 4.90 Å². The number of nitro groups is 2. The molecule has 8 nitrogen and oxygen atoms in total. The van der Waals surface area contributed by atoms with Gasteiger partial charge in [-0.3, -0.25) is 25.0 Å². The molecule has 3 aromatic carbocycles. The zero-order valence-corrected chi connectivity index (χ0v) is 17.3. The van der Waals surface area contributed by atoms with E-state index in [1.54, 1.807) is 24.3 Å². The molecule has 32 heavy (non-hydrogen) atoms. The van der Waals surface area contributed by atoms with E-state index >= 15 is 0 Å². The summed E-state index contributed by atoms with van der Waals surface area (Å²) in [5, 5.41) is 22.2. The summed E-state index contributed by atoms with van der Waals surface area (Å²) in [6, 6.07) is 21.5. The van der Waals surface area contributed by atoms with Crippen molar-refractivity contribution in [2.45, 2.75) is 25.4 Å². The Kier molecular flexibility index (Phi) is 5.68. The minimum atomic E-state index is -0.452. The third kappa shape index (κ3) is 3.94. The molecule has 1 heterocycles. The molecule has 3 atom stereocenters. The molecule has 0 amide bonds. The fourth-order valence-corrected chi connectivity index (χ4v) is 4.37. The molecule has 0 bridgehead atoms. The topological polar surface area (TPSA) is 107 Å². The van der Waals surface area contributed by atoms with Gasteiger partial charge in [-0.05, 0) is 23.3 Å². The van der Waals surface area contributed by atoms with Crippen LogP contribution in [-0.4, -0.2) is 15.6 Å². The maximum atomic E-state index is 13.0. The van der Waals surface area contributed by atoms with Gasteiger partial charge >= 0.3 is 0 Å². The fourth-order valence-electron chi connectivity index (χ4n) is 4.37. The molecule has 1 aliphatic heterocycles. The quantitative estimate of drug-likeness (QED) is 0.395. The first kappa shape index (κ1) is 21.2. The first-order valence-corrected chi connectivity index (χ1v) is 10.2. The maximum Gasteiger partial charge on any atom is 0.269 e. The van der Waals surface area contributed by atoms with Crippen LogP contribution in [0.15, 0.2) is 78.9 Å². The SMILES string of the molecule is C[C@H]1C(=O)C[C@H](c2ccc([N+](=O)[O-])cc2)N(c2ccccc2)[C@@H]1c1ccc([N+](=O)[O-])cc1. The average Bonchev–Trinajstić information content (AvgIpc) is 2.81. The second-order valence-corrected chi connectivity index (χ2v) is 7.86. The Labute approximate surface area is 184 Å². The minimum Gasteiger partial charge on any atom is -0.356 e. The number of Topliss-reactive ketones (excluding diaryl/α,β-unsaturated/α-hetero) is 1. The number of para-hydroxylation sites is 1. The van der Waals surface area contributed by atoms with Gasteiger partial charge in [0.05, 0.1) is 21.9 Å². The number of nitrogens with zero attached hydrogens (tertiary/aromatic N) is 3. The Morgan fingerprint density at radius 1 is 0.781 bits per heavy atom. The molecule has 1 aliphatic rings. The summed E-state index contributed by atoms with van der Waals surface area (Å²) in [5.41, 5.74) is 2.47. The first-order valence-electron chi connectivity index (χ1n) is 10.2. The van der Waals surface area contributed by atoms with Crippen LogP contribution in [0.5, 0.6) is 0 Å². The Morgan fingerprint density at radius 2 is 1.28 bits per heavy atom. The number of hydrogen-bond acceptors (Lipinski definition) is 6. The van der Waals surface area contributed by atoms with Crippen LogP contribution in [0.3, 0.4) is 0 Å². The zero-order chi connectivity index (χ0) is 22.8. The van der Waals surface area contributed by atoms with Gasteiger partial charge in [0.25, 0.3) is 11.4 Å². The van der Waals surface area contributed by atoms with Crippen molar-refractivity contribution in [1.82, 2.24) is 0 Å². The van der Waals surface area contributed by atoms with E-state index < -0.39 is 9.85 Å².